The monoisotopic (exact) mass is 249 g/mol. The van der Waals surface area contributed by atoms with Crippen LogP contribution in [0.5, 0.6) is 0 Å². The zero-order valence-corrected chi connectivity index (χ0v) is 9.90. The molecule has 1 aliphatic rings. The van der Waals surface area contributed by atoms with Gasteiger partial charge in [-0.25, -0.2) is 9.97 Å². The van der Waals surface area contributed by atoms with E-state index in [1.165, 1.54) is 18.0 Å². The minimum Gasteiger partial charge on any atom is -0.481 e. The Kier molecular flexibility index (Phi) is 3.29. The van der Waals surface area contributed by atoms with Crippen LogP contribution in [-0.4, -0.2) is 26.8 Å². The van der Waals surface area contributed by atoms with E-state index in [9.17, 15) is 4.79 Å². The summed E-state index contributed by atoms with van der Waals surface area (Å²) >= 11 is 1.50. The highest BCUT2D eigenvalue weighted by Crippen LogP contribution is 2.51. The molecule has 0 atom stereocenters. The second-order valence-electron chi connectivity index (χ2n) is 4.21. The summed E-state index contributed by atoms with van der Waals surface area (Å²) in [7, 11) is 0. The average molecular weight is 249 g/mol. The molecule has 1 heterocycles. The first-order valence-corrected chi connectivity index (χ1v) is 6.19. The maximum Gasteiger partial charge on any atom is 0.303 e. The van der Waals surface area contributed by atoms with Gasteiger partial charge in [0.2, 0.25) is 0 Å². The Morgan fingerprint density at radius 1 is 1.53 bits per heavy atom. The molecule has 88 valence electrons. The Balaban J connectivity index is 1.89. The lowest BCUT2D eigenvalue weighted by atomic mass is 10.1. The fraction of sp³-hybridized carbons (Fsp3) is 0.455. The van der Waals surface area contributed by atoms with Crippen molar-refractivity contribution in [3.63, 3.8) is 0 Å². The molecule has 1 fully saturated rings. The van der Waals surface area contributed by atoms with Gasteiger partial charge in [0, 0.05) is 5.75 Å². The van der Waals surface area contributed by atoms with E-state index in [2.05, 4.69) is 9.97 Å². The van der Waals surface area contributed by atoms with Crippen molar-refractivity contribution in [2.45, 2.75) is 24.3 Å². The van der Waals surface area contributed by atoms with Gasteiger partial charge in [0.1, 0.15) is 11.1 Å². The number of aliphatic carboxylic acids is 1. The summed E-state index contributed by atoms with van der Waals surface area (Å²) in [6.45, 7) is 0. The summed E-state index contributed by atoms with van der Waals surface area (Å²) in [5, 5.41) is 18.1. The number of carbonyl (C=O) groups is 1. The minimum absolute atomic E-state index is 0.0495. The smallest absolute Gasteiger partial charge is 0.303 e. The summed E-state index contributed by atoms with van der Waals surface area (Å²) in [5.74, 6) is 0.00823. The molecule has 0 aromatic carbocycles. The van der Waals surface area contributed by atoms with Gasteiger partial charge in [0.25, 0.3) is 0 Å². The normalized spacial score (nSPS) is 16.2. The van der Waals surface area contributed by atoms with Gasteiger partial charge in [0.15, 0.2) is 5.69 Å². The maximum absolute atomic E-state index is 10.7. The lowest BCUT2D eigenvalue weighted by molar-refractivity contribution is -0.138. The number of carboxylic acid groups (broad SMARTS) is 1. The second kappa shape index (κ2) is 4.72. The van der Waals surface area contributed by atoms with Gasteiger partial charge < -0.3 is 5.11 Å². The quantitative estimate of drug-likeness (QED) is 0.799. The van der Waals surface area contributed by atoms with E-state index < -0.39 is 5.97 Å². The molecule has 5 nitrogen and oxygen atoms in total. The standard InChI is InChI=1S/C11H11N3O2S/c12-4-8-5-14-9(6-13-8)17-7-11(1-2-11)3-10(15)16/h5-6H,1-3,7H2,(H,15,16). The summed E-state index contributed by atoms with van der Waals surface area (Å²) in [5.41, 5.74) is 0.243. The third-order valence-electron chi connectivity index (χ3n) is 2.75. The number of nitriles is 1. The molecule has 17 heavy (non-hydrogen) atoms. The van der Waals surface area contributed by atoms with Gasteiger partial charge in [-0.2, -0.15) is 5.26 Å². The number of hydrogen-bond donors (Lipinski definition) is 1. The fourth-order valence-electron chi connectivity index (χ4n) is 1.55. The van der Waals surface area contributed by atoms with E-state index in [1.54, 1.807) is 6.20 Å². The van der Waals surface area contributed by atoms with Crippen molar-refractivity contribution in [3.05, 3.63) is 18.1 Å². The van der Waals surface area contributed by atoms with E-state index in [0.29, 0.717) is 5.69 Å². The highest BCUT2D eigenvalue weighted by Gasteiger charge is 2.44. The van der Waals surface area contributed by atoms with Crippen molar-refractivity contribution < 1.29 is 9.90 Å². The van der Waals surface area contributed by atoms with Crippen LogP contribution in [0.1, 0.15) is 25.0 Å². The molecule has 0 amide bonds. The second-order valence-corrected chi connectivity index (χ2v) is 5.21. The number of aromatic nitrogens is 2. The molecule has 0 radical (unpaired) electrons. The number of carboxylic acids is 1. The lowest BCUT2D eigenvalue weighted by Crippen LogP contribution is -2.11. The lowest BCUT2D eigenvalue weighted by Gasteiger charge is -2.10. The molecule has 0 aliphatic heterocycles. The molecule has 1 aromatic rings. The zero-order valence-electron chi connectivity index (χ0n) is 9.09. The van der Waals surface area contributed by atoms with Crippen molar-refractivity contribution in [1.29, 1.82) is 5.26 Å². The SMILES string of the molecule is N#Cc1cnc(SCC2(CC(=O)O)CC2)cn1. The van der Waals surface area contributed by atoms with Crippen molar-refractivity contribution in [3.8, 4) is 6.07 Å². The third kappa shape index (κ3) is 3.17. The van der Waals surface area contributed by atoms with Gasteiger partial charge in [-0.1, -0.05) is 0 Å². The third-order valence-corrected chi connectivity index (χ3v) is 4.02. The molecular weight excluding hydrogens is 238 g/mol. The molecule has 6 heteroatoms. The summed E-state index contributed by atoms with van der Waals surface area (Å²) in [6, 6.07) is 1.90. The number of hydrogen-bond acceptors (Lipinski definition) is 5. The van der Waals surface area contributed by atoms with Crippen LogP contribution in [0.15, 0.2) is 17.4 Å². The van der Waals surface area contributed by atoms with Crippen LogP contribution in [0.25, 0.3) is 0 Å². The van der Waals surface area contributed by atoms with Gasteiger partial charge in [-0.15, -0.1) is 11.8 Å². The largest absolute Gasteiger partial charge is 0.481 e. The minimum atomic E-state index is -0.742. The molecule has 1 N–H and O–H groups in total. The van der Waals surface area contributed by atoms with E-state index >= 15 is 0 Å². The van der Waals surface area contributed by atoms with Crippen LogP contribution in [0.3, 0.4) is 0 Å². The van der Waals surface area contributed by atoms with Gasteiger partial charge in [-0.3, -0.25) is 4.79 Å². The molecule has 1 saturated carbocycles. The first-order chi connectivity index (χ1) is 8.13. The highest BCUT2D eigenvalue weighted by atomic mass is 32.2. The van der Waals surface area contributed by atoms with Crippen LogP contribution in [0, 0.1) is 16.7 Å². The summed E-state index contributed by atoms with van der Waals surface area (Å²) in [6.07, 6.45) is 5.15. The summed E-state index contributed by atoms with van der Waals surface area (Å²) in [4.78, 5) is 18.7. The Morgan fingerprint density at radius 2 is 2.29 bits per heavy atom. The van der Waals surface area contributed by atoms with Crippen LogP contribution >= 0.6 is 11.8 Å². The number of nitrogens with zero attached hydrogens (tertiary/aromatic N) is 3. The molecule has 1 aliphatic carbocycles. The zero-order chi connectivity index (χ0) is 12.3. The van der Waals surface area contributed by atoms with Crippen LogP contribution in [-0.2, 0) is 4.79 Å². The van der Waals surface area contributed by atoms with Crippen molar-refractivity contribution in [1.82, 2.24) is 9.97 Å². The van der Waals surface area contributed by atoms with Gasteiger partial charge >= 0.3 is 5.97 Å². The van der Waals surface area contributed by atoms with E-state index in [0.717, 1.165) is 23.6 Å². The maximum atomic E-state index is 10.7. The molecule has 2 rings (SSSR count). The highest BCUT2D eigenvalue weighted by molar-refractivity contribution is 7.99. The number of rotatable bonds is 5. The van der Waals surface area contributed by atoms with Crippen molar-refractivity contribution in [2.75, 3.05) is 5.75 Å². The molecule has 0 spiro atoms. The predicted octanol–water partition coefficient (Wildman–Crippen LogP) is 1.70. The molecular formula is C11H11N3O2S. The topological polar surface area (TPSA) is 86.9 Å². The first kappa shape index (κ1) is 11.9. The average Bonchev–Trinajstić information content (AvgIpc) is 3.06. The Labute approximate surface area is 103 Å². The fourth-order valence-corrected chi connectivity index (χ4v) is 2.64. The van der Waals surface area contributed by atoms with Crippen molar-refractivity contribution in [2.24, 2.45) is 5.41 Å². The van der Waals surface area contributed by atoms with Crippen molar-refractivity contribution >= 4 is 17.7 Å². The van der Waals surface area contributed by atoms with Crippen LogP contribution < -0.4 is 0 Å². The van der Waals surface area contributed by atoms with Gasteiger partial charge in [-0.05, 0) is 18.3 Å². The Hall–Kier alpha value is -1.61. The molecule has 0 saturated heterocycles. The Morgan fingerprint density at radius 3 is 2.76 bits per heavy atom. The van der Waals surface area contributed by atoms with E-state index in [1.807, 2.05) is 6.07 Å². The summed E-state index contributed by atoms with van der Waals surface area (Å²) < 4.78 is 0. The van der Waals surface area contributed by atoms with Crippen LogP contribution in [0.4, 0.5) is 0 Å². The number of thioether (sulfide) groups is 1. The van der Waals surface area contributed by atoms with Crippen LogP contribution in [0.2, 0.25) is 0 Å². The molecule has 1 aromatic heterocycles. The predicted molar refractivity (Wildman–Crippen MR) is 61.4 cm³/mol. The Bertz CT molecular complexity index is 463. The van der Waals surface area contributed by atoms with E-state index in [-0.39, 0.29) is 11.8 Å². The first-order valence-electron chi connectivity index (χ1n) is 5.20. The molecule has 0 unspecified atom stereocenters. The molecule has 0 bridgehead atoms. The van der Waals surface area contributed by atoms with Gasteiger partial charge in [0.05, 0.1) is 18.8 Å². The van der Waals surface area contributed by atoms with E-state index in [4.69, 9.17) is 10.4 Å².